The first-order valence-corrected chi connectivity index (χ1v) is 8.33. The maximum atomic E-state index is 8.77. The molecule has 4 heteroatoms. The van der Waals surface area contributed by atoms with Crippen LogP contribution in [0.15, 0.2) is 53.1 Å². The number of aryl methyl sites for hydroxylation is 1. The molecule has 1 heterocycles. The van der Waals surface area contributed by atoms with Gasteiger partial charge < -0.3 is 0 Å². The maximum absolute atomic E-state index is 8.77. The number of hydrogen-bond donors (Lipinski definition) is 0. The minimum atomic E-state index is 0.668. The fourth-order valence-corrected chi connectivity index (χ4v) is 2.57. The second-order valence-corrected chi connectivity index (χ2v) is 5.27. The van der Waals surface area contributed by atoms with E-state index < -0.39 is 0 Å². The van der Waals surface area contributed by atoms with Crippen LogP contribution in [0, 0.1) is 18.3 Å². The number of hydrogen-bond acceptors (Lipinski definition) is 4. The maximum Gasteiger partial charge on any atom is 0.103 e. The average molecular weight is 323 g/mol. The van der Waals surface area contributed by atoms with Gasteiger partial charge in [-0.25, -0.2) is 0 Å². The zero-order valence-electron chi connectivity index (χ0n) is 13.9. The van der Waals surface area contributed by atoms with E-state index in [9.17, 15) is 0 Å². The Labute approximate surface area is 142 Å². The van der Waals surface area contributed by atoms with E-state index in [4.69, 9.17) is 5.26 Å². The lowest BCUT2D eigenvalue weighted by Gasteiger charge is -2.05. The largest absolute Gasteiger partial charge is 0.281 e. The van der Waals surface area contributed by atoms with Gasteiger partial charge in [0, 0.05) is 25.0 Å². The minimum Gasteiger partial charge on any atom is -0.281 e. The Balaban J connectivity index is 0.00000127. The summed E-state index contributed by atoms with van der Waals surface area (Å²) in [6, 6.07) is 11.6. The molecular weight excluding hydrogens is 302 g/mol. The first-order chi connectivity index (χ1) is 11.2. The molecule has 0 radical (unpaired) electrons. The van der Waals surface area contributed by atoms with E-state index in [-0.39, 0.29) is 0 Å². The van der Waals surface area contributed by atoms with Gasteiger partial charge in [0.2, 0.25) is 0 Å². The standard InChI is InChI=1S/C17H15N3S.C2H6/c1-13-7-9-20-12-16(13)17(19-2)21-10-8-14-3-5-15(11-18)6-4-14;1-2/h3-10,12H,1-2H3;1-2H3/b10-8+,19-17?;. The minimum absolute atomic E-state index is 0.668. The van der Waals surface area contributed by atoms with Crippen LogP contribution < -0.4 is 0 Å². The van der Waals surface area contributed by atoms with Crippen LogP contribution in [0.1, 0.15) is 36.1 Å². The number of nitrogens with zero attached hydrogens (tertiary/aromatic N) is 3. The summed E-state index contributed by atoms with van der Waals surface area (Å²) in [6.07, 6.45) is 5.62. The van der Waals surface area contributed by atoms with Crippen molar-refractivity contribution < 1.29 is 0 Å². The number of pyridine rings is 1. The summed E-state index contributed by atoms with van der Waals surface area (Å²) in [5, 5.41) is 11.7. The smallest absolute Gasteiger partial charge is 0.103 e. The quantitative estimate of drug-likeness (QED) is 0.585. The Morgan fingerprint density at radius 2 is 1.91 bits per heavy atom. The van der Waals surface area contributed by atoms with Gasteiger partial charge in [-0.2, -0.15) is 5.26 Å². The molecular formula is C19H21N3S. The summed E-state index contributed by atoms with van der Waals surface area (Å²) >= 11 is 1.56. The Bertz CT molecular complexity index is 710. The molecule has 2 rings (SSSR count). The van der Waals surface area contributed by atoms with E-state index in [1.807, 2.05) is 68.8 Å². The highest BCUT2D eigenvalue weighted by Gasteiger charge is 2.05. The van der Waals surface area contributed by atoms with E-state index in [0.717, 1.165) is 21.7 Å². The lowest BCUT2D eigenvalue weighted by Crippen LogP contribution is -1.98. The number of nitriles is 1. The molecule has 1 aromatic heterocycles. The molecule has 118 valence electrons. The lowest BCUT2D eigenvalue weighted by atomic mass is 10.1. The monoisotopic (exact) mass is 323 g/mol. The van der Waals surface area contributed by atoms with Gasteiger partial charge >= 0.3 is 0 Å². The fraction of sp³-hybridized carbons (Fsp3) is 0.211. The normalized spacial score (nSPS) is 10.8. The van der Waals surface area contributed by atoms with Gasteiger partial charge in [-0.3, -0.25) is 9.98 Å². The third-order valence-corrected chi connectivity index (χ3v) is 3.85. The molecule has 23 heavy (non-hydrogen) atoms. The zero-order valence-corrected chi connectivity index (χ0v) is 14.8. The van der Waals surface area contributed by atoms with E-state index >= 15 is 0 Å². The van der Waals surface area contributed by atoms with Crippen LogP contribution in [0.5, 0.6) is 0 Å². The molecule has 3 nitrogen and oxygen atoms in total. The van der Waals surface area contributed by atoms with Gasteiger partial charge in [0.15, 0.2) is 0 Å². The molecule has 2 aromatic rings. The summed E-state index contributed by atoms with van der Waals surface area (Å²) in [4.78, 5) is 8.47. The molecule has 0 atom stereocenters. The molecule has 0 unspecified atom stereocenters. The number of benzene rings is 1. The van der Waals surface area contributed by atoms with Crippen molar-refractivity contribution in [3.63, 3.8) is 0 Å². The summed E-state index contributed by atoms with van der Waals surface area (Å²) in [5.41, 5.74) is 3.93. The van der Waals surface area contributed by atoms with Crippen molar-refractivity contribution in [3.8, 4) is 6.07 Å². The molecule has 1 aromatic carbocycles. The van der Waals surface area contributed by atoms with Crippen molar-refractivity contribution in [2.75, 3.05) is 7.05 Å². The van der Waals surface area contributed by atoms with Crippen molar-refractivity contribution in [3.05, 3.63) is 70.4 Å². The van der Waals surface area contributed by atoms with Crippen LogP contribution in [0.4, 0.5) is 0 Å². The van der Waals surface area contributed by atoms with Gasteiger partial charge in [0.25, 0.3) is 0 Å². The third-order valence-electron chi connectivity index (χ3n) is 2.95. The third kappa shape index (κ3) is 5.72. The van der Waals surface area contributed by atoms with Gasteiger partial charge in [0.1, 0.15) is 5.04 Å². The lowest BCUT2D eigenvalue weighted by molar-refractivity contribution is 1.27. The average Bonchev–Trinajstić information content (AvgIpc) is 2.62. The highest BCUT2D eigenvalue weighted by Crippen LogP contribution is 2.18. The zero-order chi connectivity index (χ0) is 17.1. The molecule has 0 aliphatic heterocycles. The first-order valence-electron chi connectivity index (χ1n) is 7.45. The summed E-state index contributed by atoms with van der Waals surface area (Å²) < 4.78 is 0. The van der Waals surface area contributed by atoms with Crippen LogP contribution in [0.3, 0.4) is 0 Å². The second-order valence-electron chi connectivity index (χ2n) is 4.37. The summed E-state index contributed by atoms with van der Waals surface area (Å²) in [6.45, 7) is 6.05. The van der Waals surface area contributed by atoms with Crippen molar-refractivity contribution in [1.29, 1.82) is 5.26 Å². The Kier molecular flexibility index (Phi) is 8.41. The molecule has 0 aliphatic rings. The topological polar surface area (TPSA) is 49.0 Å². The van der Waals surface area contributed by atoms with E-state index in [1.54, 1.807) is 25.0 Å². The molecule has 0 N–H and O–H groups in total. The van der Waals surface area contributed by atoms with Crippen molar-refractivity contribution >= 4 is 22.9 Å². The van der Waals surface area contributed by atoms with Crippen LogP contribution in [0.25, 0.3) is 6.08 Å². The van der Waals surface area contributed by atoms with Crippen LogP contribution >= 0.6 is 11.8 Å². The second kappa shape index (κ2) is 10.4. The predicted molar refractivity (Wildman–Crippen MR) is 101 cm³/mol. The number of aromatic nitrogens is 1. The number of rotatable bonds is 3. The molecule has 0 aliphatic carbocycles. The van der Waals surface area contributed by atoms with Crippen LogP contribution in [-0.4, -0.2) is 17.1 Å². The molecule has 0 fully saturated rings. The van der Waals surface area contributed by atoms with E-state index in [2.05, 4.69) is 16.0 Å². The van der Waals surface area contributed by atoms with E-state index in [0.29, 0.717) is 5.56 Å². The molecule has 0 spiro atoms. The molecule has 0 bridgehead atoms. The van der Waals surface area contributed by atoms with Crippen molar-refractivity contribution in [2.45, 2.75) is 20.8 Å². The summed E-state index contributed by atoms with van der Waals surface area (Å²) in [5.74, 6) is 0. The fourth-order valence-electron chi connectivity index (χ4n) is 1.77. The number of aliphatic imine (C=N–C) groups is 1. The Morgan fingerprint density at radius 3 is 2.48 bits per heavy atom. The highest BCUT2D eigenvalue weighted by molar-refractivity contribution is 8.17. The van der Waals surface area contributed by atoms with Gasteiger partial charge in [-0.1, -0.05) is 37.7 Å². The SMILES string of the molecule is CC.CN=C(S/C=C/c1ccc(C#N)cc1)c1cnccc1C. The molecule has 0 amide bonds. The van der Waals surface area contributed by atoms with Crippen LogP contribution in [-0.2, 0) is 0 Å². The van der Waals surface area contributed by atoms with Gasteiger partial charge in [-0.15, -0.1) is 0 Å². The van der Waals surface area contributed by atoms with Gasteiger partial charge in [0.05, 0.1) is 11.6 Å². The van der Waals surface area contributed by atoms with Crippen molar-refractivity contribution in [1.82, 2.24) is 4.98 Å². The first kappa shape index (κ1) is 18.7. The molecule has 0 saturated heterocycles. The van der Waals surface area contributed by atoms with Crippen molar-refractivity contribution in [2.24, 2.45) is 4.99 Å². The predicted octanol–water partition coefficient (Wildman–Crippen LogP) is 5.07. The Morgan fingerprint density at radius 1 is 1.22 bits per heavy atom. The van der Waals surface area contributed by atoms with E-state index in [1.165, 1.54) is 0 Å². The number of thioether (sulfide) groups is 1. The van der Waals surface area contributed by atoms with Crippen LogP contribution in [0.2, 0.25) is 0 Å². The highest BCUT2D eigenvalue weighted by atomic mass is 32.2. The Hall–Kier alpha value is -2.38. The summed E-state index contributed by atoms with van der Waals surface area (Å²) in [7, 11) is 1.78. The molecule has 0 saturated carbocycles. The van der Waals surface area contributed by atoms with Gasteiger partial charge in [-0.05, 0) is 47.7 Å².